The summed E-state index contributed by atoms with van der Waals surface area (Å²) in [6.07, 6.45) is 0. The average molecular weight is 447 g/mol. The molecule has 0 aliphatic carbocycles. The van der Waals surface area contributed by atoms with E-state index in [-0.39, 0.29) is 13.1 Å². The third-order valence-electron chi connectivity index (χ3n) is 5.58. The molecule has 3 aromatic heterocycles. The lowest BCUT2D eigenvalue weighted by Crippen LogP contribution is -2.40. The third kappa shape index (κ3) is 3.83. The van der Waals surface area contributed by atoms with Crippen molar-refractivity contribution in [3.63, 3.8) is 0 Å². The van der Waals surface area contributed by atoms with Gasteiger partial charge in [-0.2, -0.15) is 4.98 Å². The third-order valence-corrected chi connectivity index (χ3v) is 5.58. The largest absolute Gasteiger partial charge is 0.398 e. The van der Waals surface area contributed by atoms with Crippen molar-refractivity contribution in [2.24, 2.45) is 12.8 Å². The van der Waals surface area contributed by atoms with Crippen molar-refractivity contribution in [3.05, 3.63) is 56.9 Å². The van der Waals surface area contributed by atoms with Crippen LogP contribution >= 0.6 is 0 Å². The minimum absolute atomic E-state index is 0.0186. The van der Waals surface area contributed by atoms with Gasteiger partial charge in [-0.15, -0.1) is 5.92 Å². The molecule has 0 aliphatic heterocycles. The first-order valence-corrected chi connectivity index (χ1v) is 10.5. The van der Waals surface area contributed by atoms with E-state index >= 15 is 0 Å². The number of fused-ring (bicyclic) bond motifs is 2. The number of hydrogen-bond donors (Lipinski definition) is 2. The lowest BCUT2D eigenvalue weighted by Gasteiger charge is -2.17. The second-order valence-corrected chi connectivity index (χ2v) is 7.76. The molecule has 0 radical (unpaired) electrons. The van der Waals surface area contributed by atoms with Crippen molar-refractivity contribution < 1.29 is 0 Å². The first kappa shape index (κ1) is 22.1. The molecule has 0 saturated heterocycles. The summed E-state index contributed by atoms with van der Waals surface area (Å²) in [7, 11) is 3.44. The predicted octanol–water partition coefficient (Wildman–Crippen LogP) is 0.494. The molecule has 10 nitrogen and oxygen atoms in total. The van der Waals surface area contributed by atoms with Crippen molar-refractivity contribution in [2.45, 2.75) is 20.0 Å². The van der Waals surface area contributed by atoms with Crippen molar-refractivity contribution in [2.75, 3.05) is 30.8 Å². The summed E-state index contributed by atoms with van der Waals surface area (Å²) in [6, 6.07) is 9.09. The summed E-state index contributed by atoms with van der Waals surface area (Å²) in [5.41, 5.74) is 13.3. The Morgan fingerprint density at radius 3 is 2.64 bits per heavy atom. The van der Waals surface area contributed by atoms with Crippen LogP contribution in [-0.4, -0.2) is 43.8 Å². The minimum Gasteiger partial charge on any atom is -0.398 e. The lowest BCUT2D eigenvalue weighted by molar-refractivity contribution is 0.646. The first-order valence-electron chi connectivity index (χ1n) is 10.5. The second-order valence-electron chi connectivity index (χ2n) is 7.76. The second kappa shape index (κ2) is 8.80. The fourth-order valence-corrected chi connectivity index (χ4v) is 3.86. The number of nitrogens with two attached hydrogens (primary N) is 2. The van der Waals surface area contributed by atoms with Crippen molar-refractivity contribution >= 4 is 33.7 Å². The number of rotatable bonds is 6. The lowest BCUT2D eigenvalue weighted by atomic mass is 10.1. The summed E-state index contributed by atoms with van der Waals surface area (Å²) in [4.78, 5) is 37.7. The molecule has 1 aromatic carbocycles. The van der Waals surface area contributed by atoms with Gasteiger partial charge in [-0.1, -0.05) is 12.0 Å². The summed E-state index contributed by atoms with van der Waals surface area (Å²) < 4.78 is 4.28. The molecule has 0 bridgehead atoms. The van der Waals surface area contributed by atoms with Gasteiger partial charge in [-0.25, -0.2) is 4.79 Å². The van der Waals surface area contributed by atoms with E-state index in [2.05, 4.69) is 21.8 Å². The molecule has 3 heterocycles. The summed E-state index contributed by atoms with van der Waals surface area (Å²) >= 11 is 0. The molecular formula is C23H26N8O2. The molecule has 4 N–H and O–H groups in total. The Morgan fingerprint density at radius 2 is 1.91 bits per heavy atom. The van der Waals surface area contributed by atoms with Gasteiger partial charge in [-0.05, 0) is 31.2 Å². The number of aromatic nitrogens is 5. The minimum atomic E-state index is -0.471. The molecule has 0 unspecified atom stereocenters. The Hall–Kier alpha value is -4.10. The van der Waals surface area contributed by atoms with E-state index in [4.69, 9.17) is 11.5 Å². The highest BCUT2D eigenvalue weighted by atomic mass is 16.2. The normalized spacial score (nSPS) is 11.0. The zero-order valence-electron chi connectivity index (χ0n) is 18.9. The van der Waals surface area contributed by atoms with Crippen LogP contribution in [0.1, 0.15) is 12.6 Å². The molecule has 0 saturated carbocycles. The van der Waals surface area contributed by atoms with Gasteiger partial charge in [0, 0.05) is 38.3 Å². The molecule has 0 spiro atoms. The standard InChI is InChI=1S/C23H26N8O2/c1-4-5-12-30-19-20(27-22(30)28(2)13-11-24)29(3)23(33)31(21(19)32)14-15-9-10-16-17(25)7-6-8-18(16)26-15/h6-10H,11-14,24-25H2,1-3H3. The predicted molar refractivity (Wildman–Crippen MR) is 130 cm³/mol. The van der Waals surface area contributed by atoms with Crippen LogP contribution < -0.4 is 27.6 Å². The number of pyridine rings is 1. The van der Waals surface area contributed by atoms with Gasteiger partial charge < -0.3 is 16.4 Å². The van der Waals surface area contributed by atoms with Gasteiger partial charge in [0.1, 0.15) is 0 Å². The van der Waals surface area contributed by atoms with Crippen LogP contribution in [0, 0.1) is 11.8 Å². The van der Waals surface area contributed by atoms with Crippen LogP contribution in [-0.2, 0) is 20.1 Å². The number of anilines is 2. The Balaban J connectivity index is 1.91. The summed E-state index contributed by atoms with van der Waals surface area (Å²) in [5, 5.41) is 0.820. The maximum Gasteiger partial charge on any atom is 0.332 e. The van der Waals surface area contributed by atoms with Crippen molar-refractivity contribution in [1.29, 1.82) is 0 Å². The van der Waals surface area contributed by atoms with E-state index in [1.165, 1.54) is 9.13 Å². The fraction of sp³-hybridized carbons (Fsp3) is 0.304. The number of likely N-dealkylation sites (N-methyl/N-ethyl adjacent to an activating group) is 1. The molecule has 0 amide bonds. The molecule has 0 fully saturated rings. The molecule has 10 heteroatoms. The van der Waals surface area contributed by atoms with E-state index in [0.29, 0.717) is 47.1 Å². The quantitative estimate of drug-likeness (QED) is 0.326. The van der Waals surface area contributed by atoms with Gasteiger partial charge in [0.05, 0.1) is 24.3 Å². The van der Waals surface area contributed by atoms with Gasteiger partial charge in [0.25, 0.3) is 5.56 Å². The topological polar surface area (TPSA) is 130 Å². The van der Waals surface area contributed by atoms with Crippen molar-refractivity contribution in [1.82, 2.24) is 23.7 Å². The molecular weight excluding hydrogens is 420 g/mol. The summed E-state index contributed by atoms with van der Waals surface area (Å²) in [5.74, 6) is 6.37. The molecule has 4 aromatic rings. The van der Waals surface area contributed by atoms with E-state index in [0.717, 1.165) is 5.39 Å². The van der Waals surface area contributed by atoms with Crippen LogP contribution in [0.15, 0.2) is 39.9 Å². The van der Waals surface area contributed by atoms with E-state index in [1.807, 2.05) is 30.1 Å². The zero-order chi connectivity index (χ0) is 23.7. The molecule has 170 valence electrons. The Morgan fingerprint density at radius 1 is 1.12 bits per heavy atom. The van der Waals surface area contributed by atoms with Crippen LogP contribution in [0.3, 0.4) is 0 Å². The van der Waals surface area contributed by atoms with Crippen LogP contribution in [0.4, 0.5) is 11.6 Å². The smallest absolute Gasteiger partial charge is 0.332 e. The maximum atomic E-state index is 13.6. The molecule has 33 heavy (non-hydrogen) atoms. The van der Waals surface area contributed by atoms with Gasteiger partial charge >= 0.3 is 5.69 Å². The molecule has 0 atom stereocenters. The van der Waals surface area contributed by atoms with Crippen LogP contribution in [0.25, 0.3) is 22.1 Å². The zero-order valence-corrected chi connectivity index (χ0v) is 18.9. The molecule has 0 aliphatic rings. The Bertz CT molecular complexity index is 1530. The first-order chi connectivity index (χ1) is 15.9. The van der Waals surface area contributed by atoms with Gasteiger partial charge in [-0.3, -0.25) is 23.5 Å². The average Bonchev–Trinajstić information content (AvgIpc) is 3.19. The molecule has 4 rings (SSSR count). The number of hydrogen-bond acceptors (Lipinski definition) is 7. The van der Waals surface area contributed by atoms with E-state index < -0.39 is 11.2 Å². The van der Waals surface area contributed by atoms with E-state index in [1.54, 1.807) is 30.7 Å². The maximum absolute atomic E-state index is 13.6. The monoisotopic (exact) mass is 446 g/mol. The fourth-order valence-electron chi connectivity index (χ4n) is 3.86. The number of nitrogens with zero attached hydrogens (tertiary/aromatic N) is 6. The van der Waals surface area contributed by atoms with Crippen molar-refractivity contribution in [3.8, 4) is 11.8 Å². The number of benzene rings is 1. The highest BCUT2D eigenvalue weighted by Crippen LogP contribution is 2.20. The number of aryl methyl sites for hydroxylation is 1. The summed E-state index contributed by atoms with van der Waals surface area (Å²) in [6.45, 7) is 2.97. The Kier molecular flexibility index (Phi) is 5.89. The SMILES string of the molecule is CC#CCn1c(N(C)CCN)nc2c1c(=O)n(Cc1ccc3c(N)cccc3n1)c(=O)n2C. The highest BCUT2D eigenvalue weighted by molar-refractivity contribution is 5.90. The van der Waals surface area contributed by atoms with Crippen LogP contribution in [0.5, 0.6) is 0 Å². The highest BCUT2D eigenvalue weighted by Gasteiger charge is 2.22. The number of imidazole rings is 1. The van der Waals surface area contributed by atoms with Gasteiger partial charge in [0.15, 0.2) is 11.2 Å². The van der Waals surface area contributed by atoms with Crippen LogP contribution in [0.2, 0.25) is 0 Å². The van der Waals surface area contributed by atoms with Gasteiger partial charge in [0.2, 0.25) is 5.95 Å². The Labute approximate surface area is 190 Å². The van der Waals surface area contributed by atoms with E-state index in [9.17, 15) is 9.59 Å². The number of nitrogen functional groups attached to an aromatic ring is 1.